The minimum atomic E-state index is -0.564. The highest BCUT2D eigenvalue weighted by molar-refractivity contribution is 6.30. The van der Waals surface area contributed by atoms with Crippen molar-refractivity contribution in [1.29, 1.82) is 0 Å². The average molecular weight is 294 g/mol. The lowest BCUT2D eigenvalue weighted by atomic mass is 10.1. The van der Waals surface area contributed by atoms with Gasteiger partial charge in [0.15, 0.2) is 0 Å². The fourth-order valence-electron chi connectivity index (χ4n) is 1.81. The lowest BCUT2D eigenvalue weighted by molar-refractivity contribution is -0.115. The molecule has 0 aromatic heterocycles. The predicted molar refractivity (Wildman–Crippen MR) is 76.7 cm³/mol. The molecule has 5 heteroatoms. The highest BCUT2D eigenvalue weighted by atomic mass is 35.5. The van der Waals surface area contributed by atoms with E-state index >= 15 is 0 Å². The molecule has 0 heterocycles. The SMILES string of the molecule is COc1ccccc1CC(=O)Nc1ccc(Cl)cc1F. The average Bonchev–Trinajstić information content (AvgIpc) is 2.42. The van der Waals surface area contributed by atoms with Crippen LogP contribution in [-0.4, -0.2) is 13.0 Å². The van der Waals surface area contributed by atoms with Crippen LogP contribution >= 0.6 is 11.6 Å². The van der Waals surface area contributed by atoms with Crippen molar-refractivity contribution in [2.24, 2.45) is 0 Å². The summed E-state index contributed by atoms with van der Waals surface area (Å²) in [6, 6.07) is 11.3. The minimum Gasteiger partial charge on any atom is -0.496 e. The van der Waals surface area contributed by atoms with Crippen LogP contribution in [-0.2, 0) is 11.2 Å². The Hall–Kier alpha value is -2.07. The number of amides is 1. The van der Waals surface area contributed by atoms with E-state index in [0.29, 0.717) is 5.75 Å². The number of carbonyl (C=O) groups is 1. The fourth-order valence-corrected chi connectivity index (χ4v) is 1.97. The van der Waals surface area contributed by atoms with Crippen molar-refractivity contribution in [3.05, 3.63) is 58.9 Å². The van der Waals surface area contributed by atoms with E-state index in [9.17, 15) is 9.18 Å². The van der Waals surface area contributed by atoms with Gasteiger partial charge in [-0.2, -0.15) is 0 Å². The minimum absolute atomic E-state index is 0.103. The molecule has 104 valence electrons. The molecule has 0 aliphatic heterocycles. The van der Waals surface area contributed by atoms with Gasteiger partial charge in [-0.25, -0.2) is 4.39 Å². The van der Waals surface area contributed by atoms with Crippen LogP contribution in [0.25, 0.3) is 0 Å². The first-order chi connectivity index (χ1) is 9.60. The van der Waals surface area contributed by atoms with Gasteiger partial charge in [0.25, 0.3) is 0 Å². The molecule has 1 amide bonds. The van der Waals surface area contributed by atoms with Crippen LogP contribution in [0.3, 0.4) is 0 Å². The summed E-state index contributed by atoms with van der Waals surface area (Å²) >= 11 is 5.65. The van der Waals surface area contributed by atoms with Crippen LogP contribution in [0.1, 0.15) is 5.56 Å². The number of carbonyl (C=O) groups excluding carboxylic acids is 1. The van der Waals surface area contributed by atoms with Gasteiger partial charge in [0.2, 0.25) is 5.91 Å². The first-order valence-corrected chi connectivity index (χ1v) is 6.34. The monoisotopic (exact) mass is 293 g/mol. The lowest BCUT2D eigenvalue weighted by Crippen LogP contribution is -2.15. The Bertz CT molecular complexity index is 631. The Balaban J connectivity index is 2.09. The van der Waals surface area contributed by atoms with Crippen molar-refractivity contribution in [3.8, 4) is 5.75 Å². The van der Waals surface area contributed by atoms with Gasteiger partial charge in [-0.1, -0.05) is 29.8 Å². The Morgan fingerprint density at radius 2 is 2.05 bits per heavy atom. The van der Waals surface area contributed by atoms with E-state index < -0.39 is 5.82 Å². The van der Waals surface area contributed by atoms with Crippen LogP contribution in [0.15, 0.2) is 42.5 Å². The number of para-hydroxylation sites is 1. The standard InChI is InChI=1S/C15H13ClFNO2/c1-20-14-5-3-2-4-10(14)8-15(19)18-13-7-6-11(16)9-12(13)17/h2-7,9H,8H2,1H3,(H,18,19). The van der Waals surface area contributed by atoms with Crippen LogP contribution in [0, 0.1) is 5.82 Å². The number of halogens is 2. The summed E-state index contributed by atoms with van der Waals surface area (Å²) in [4.78, 5) is 11.9. The maximum atomic E-state index is 13.6. The summed E-state index contributed by atoms with van der Waals surface area (Å²) in [5, 5.41) is 2.79. The molecular weight excluding hydrogens is 281 g/mol. The molecule has 2 aromatic rings. The van der Waals surface area contributed by atoms with E-state index in [0.717, 1.165) is 11.6 Å². The number of ether oxygens (including phenoxy) is 1. The van der Waals surface area contributed by atoms with Crippen LogP contribution in [0.5, 0.6) is 5.75 Å². The molecule has 2 aromatic carbocycles. The quantitative estimate of drug-likeness (QED) is 0.934. The third-order valence-corrected chi connectivity index (χ3v) is 2.98. The molecule has 0 unspecified atom stereocenters. The number of benzene rings is 2. The lowest BCUT2D eigenvalue weighted by Gasteiger charge is -2.09. The van der Waals surface area contributed by atoms with Gasteiger partial charge in [0.1, 0.15) is 11.6 Å². The number of nitrogens with one attached hydrogen (secondary N) is 1. The van der Waals surface area contributed by atoms with Crippen molar-refractivity contribution in [1.82, 2.24) is 0 Å². The molecule has 0 spiro atoms. The van der Waals surface area contributed by atoms with Crippen LogP contribution in [0.4, 0.5) is 10.1 Å². The smallest absolute Gasteiger partial charge is 0.229 e. The molecule has 0 fully saturated rings. The number of hydrogen-bond donors (Lipinski definition) is 1. The van der Waals surface area contributed by atoms with Crippen molar-refractivity contribution >= 4 is 23.2 Å². The van der Waals surface area contributed by atoms with Crippen LogP contribution in [0.2, 0.25) is 5.02 Å². The Morgan fingerprint density at radius 3 is 2.75 bits per heavy atom. The van der Waals surface area contributed by atoms with E-state index in [2.05, 4.69) is 5.32 Å². The summed E-state index contributed by atoms with van der Waals surface area (Å²) < 4.78 is 18.7. The second-order valence-electron chi connectivity index (χ2n) is 4.16. The molecule has 0 saturated carbocycles. The molecule has 1 N–H and O–H groups in total. The molecule has 0 aliphatic carbocycles. The Morgan fingerprint density at radius 1 is 1.30 bits per heavy atom. The van der Waals surface area contributed by atoms with Gasteiger partial charge >= 0.3 is 0 Å². The maximum absolute atomic E-state index is 13.6. The normalized spacial score (nSPS) is 10.2. The number of hydrogen-bond acceptors (Lipinski definition) is 2. The van der Waals surface area contributed by atoms with E-state index in [4.69, 9.17) is 16.3 Å². The van der Waals surface area contributed by atoms with E-state index in [-0.39, 0.29) is 23.0 Å². The first kappa shape index (κ1) is 14.3. The predicted octanol–water partition coefficient (Wildman–Crippen LogP) is 3.67. The zero-order chi connectivity index (χ0) is 14.5. The molecule has 0 radical (unpaired) electrons. The summed E-state index contributed by atoms with van der Waals surface area (Å²) in [6.45, 7) is 0. The summed E-state index contributed by atoms with van der Waals surface area (Å²) in [7, 11) is 1.54. The topological polar surface area (TPSA) is 38.3 Å². The van der Waals surface area contributed by atoms with Gasteiger partial charge in [-0.3, -0.25) is 4.79 Å². The fraction of sp³-hybridized carbons (Fsp3) is 0.133. The van der Waals surface area contributed by atoms with E-state index in [1.165, 1.54) is 19.2 Å². The zero-order valence-corrected chi connectivity index (χ0v) is 11.6. The molecule has 3 nitrogen and oxygen atoms in total. The van der Waals surface area contributed by atoms with E-state index in [1.807, 2.05) is 12.1 Å². The van der Waals surface area contributed by atoms with Crippen LogP contribution < -0.4 is 10.1 Å². The van der Waals surface area contributed by atoms with E-state index in [1.54, 1.807) is 12.1 Å². The molecule has 2 rings (SSSR count). The molecule has 0 bridgehead atoms. The van der Waals surface area contributed by atoms with Gasteiger partial charge in [-0.15, -0.1) is 0 Å². The first-order valence-electron chi connectivity index (χ1n) is 5.97. The highest BCUT2D eigenvalue weighted by Crippen LogP contribution is 2.21. The van der Waals surface area contributed by atoms with Gasteiger partial charge in [0, 0.05) is 10.6 Å². The maximum Gasteiger partial charge on any atom is 0.229 e. The number of rotatable bonds is 4. The molecular formula is C15H13ClFNO2. The van der Waals surface area contributed by atoms with Crippen molar-refractivity contribution in [3.63, 3.8) is 0 Å². The second-order valence-corrected chi connectivity index (χ2v) is 4.60. The summed E-state index contributed by atoms with van der Waals surface area (Å²) in [5.41, 5.74) is 0.844. The zero-order valence-electron chi connectivity index (χ0n) is 10.8. The largest absolute Gasteiger partial charge is 0.496 e. The molecule has 0 saturated heterocycles. The van der Waals surface area contributed by atoms with Crippen molar-refractivity contribution in [2.75, 3.05) is 12.4 Å². The van der Waals surface area contributed by atoms with Gasteiger partial charge in [-0.05, 0) is 24.3 Å². The number of methoxy groups -OCH3 is 1. The molecule has 0 aliphatic rings. The van der Waals surface area contributed by atoms with Gasteiger partial charge in [0.05, 0.1) is 19.2 Å². The Labute approximate surface area is 121 Å². The van der Waals surface area contributed by atoms with Crippen molar-refractivity contribution in [2.45, 2.75) is 6.42 Å². The summed E-state index contributed by atoms with van der Waals surface area (Å²) in [6.07, 6.45) is 0.103. The third-order valence-electron chi connectivity index (χ3n) is 2.75. The molecule has 0 atom stereocenters. The Kier molecular flexibility index (Phi) is 4.58. The van der Waals surface area contributed by atoms with Crippen molar-refractivity contribution < 1.29 is 13.9 Å². The third kappa shape index (κ3) is 3.48. The second kappa shape index (κ2) is 6.39. The van der Waals surface area contributed by atoms with Gasteiger partial charge < -0.3 is 10.1 Å². The number of anilines is 1. The summed E-state index contributed by atoms with van der Waals surface area (Å²) in [5.74, 6) is -0.263. The molecule has 20 heavy (non-hydrogen) atoms. The highest BCUT2D eigenvalue weighted by Gasteiger charge is 2.10.